The Hall–Kier alpha value is -1.68. The molecule has 18 heavy (non-hydrogen) atoms. The molecule has 0 aliphatic carbocycles. The van der Waals surface area contributed by atoms with Crippen LogP contribution in [0.5, 0.6) is 0 Å². The standard InChI is InChI=1S/C14H18N4/c1-11-16-8-9-18(11)14-6-2-5-13(17-14)12-4-3-7-15-10-12/h2,5-6,8-9,12,15H,3-4,7,10H2,1H3. The number of hydrogen-bond acceptors (Lipinski definition) is 3. The fourth-order valence-electron chi connectivity index (χ4n) is 2.53. The van der Waals surface area contributed by atoms with Crippen LogP contribution in [0.4, 0.5) is 0 Å². The summed E-state index contributed by atoms with van der Waals surface area (Å²) in [7, 11) is 0. The number of aromatic nitrogens is 3. The van der Waals surface area contributed by atoms with E-state index < -0.39 is 0 Å². The van der Waals surface area contributed by atoms with Crippen molar-refractivity contribution in [1.82, 2.24) is 19.9 Å². The van der Waals surface area contributed by atoms with E-state index in [-0.39, 0.29) is 0 Å². The van der Waals surface area contributed by atoms with Gasteiger partial charge >= 0.3 is 0 Å². The molecular formula is C14H18N4. The lowest BCUT2D eigenvalue weighted by Gasteiger charge is -2.22. The first-order valence-corrected chi connectivity index (χ1v) is 6.52. The first-order chi connectivity index (χ1) is 8.84. The highest BCUT2D eigenvalue weighted by Crippen LogP contribution is 2.22. The molecule has 2 aromatic rings. The molecule has 0 radical (unpaired) electrons. The average Bonchev–Trinajstić information content (AvgIpc) is 2.86. The van der Waals surface area contributed by atoms with Crippen LogP contribution in [0.1, 0.15) is 30.3 Å². The van der Waals surface area contributed by atoms with E-state index in [0.29, 0.717) is 5.92 Å². The minimum absolute atomic E-state index is 0.544. The zero-order valence-electron chi connectivity index (χ0n) is 10.6. The summed E-state index contributed by atoms with van der Waals surface area (Å²) in [5.41, 5.74) is 1.19. The maximum absolute atomic E-state index is 4.78. The minimum atomic E-state index is 0.544. The Labute approximate surface area is 107 Å². The molecule has 1 fully saturated rings. The van der Waals surface area contributed by atoms with Crippen LogP contribution < -0.4 is 5.32 Å². The largest absolute Gasteiger partial charge is 0.316 e. The summed E-state index contributed by atoms with van der Waals surface area (Å²) in [6.07, 6.45) is 6.24. The van der Waals surface area contributed by atoms with Gasteiger partial charge in [0.1, 0.15) is 11.6 Å². The Morgan fingerprint density at radius 2 is 2.33 bits per heavy atom. The van der Waals surface area contributed by atoms with Gasteiger partial charge in [0.2, 0.25) is 0 Å². The molecule has 3 heterocycles. The molecule has 0 bridgehead atoms. The van der Waals surface area contributed by atoms with Crippen molar-refractivity contribution in [3.8, 4) is 5.82 Å². The first kappa shape index (κ1) is 11.4. The van der Waals surface area contributed by atoms with Crippen LogP contribution in [-0.4, -0.2) is 27.6 Å². The van der Waals surface area contributed by atoms with Gasteiger partial charge in [-0.05, 0) is 38.4 Å². The van der Waals surface area contributed by atoms with Gasteiger partial charge in [0.05, 0.1) is 0 Å². The van der Waals surface area contributed by atoms with E-state index in [1.54, 1.807) is 0 Å². The molecule has 0 amide bonds. The summed E-state index contributed by atoms with van der Waals surface area (Å²) in [4.78, 5) is 9.03. The second kappa shape index (κ2) is 4.90. The van der Waals surface area contributed by atoms with Crippen LogP contribution in [0.2, 0.25) is 0 Å². The highest BCUT2D eigenvalue weighted by molar-refractivity contribution is 5.28. The first-order valence-electron chi connectivity index (χ1n) is 6.52. The van der Waals surface area contributed by atoms with Gasteiger partial charge in [-0.1, -0.05) is 6.07 Å². The van der Waals surface area contributed by atoms with Crippen molar-refractivity contribution < 1.29 is 0 Å². The van der Waals surface area contributed by atoms with Gasteiger partial charge in [-0.25, -0.2) is 9.97 Å². The molecule has 3 rings (SSSR count). The molecule has 1 unspecified atom stereocenters. The Morgan fingerprint density at radius 3 is 3.06 bits per heavy atom. The Morgan fingerprint density at radius 1 is 1.39 bits per heavy atom. The fraction of sp³-hybridized carbons (Fsp3) is 0.429. The second-order valence-corrected chi connectivity index (χ2v) is 4.81. The van der Waals surface area contributed by atoms with Gasteiger partial charge in [-0.3, -0.25) is 4.57 Å². The van der Waals surface area contributed by atoms with E-state index in [9.17, 15) is 0 Å². The van der Waals surface area contributed by atoms with Gasteiger partial charge in [-0.15, -0.1) is 0 Å². The summed E-state index contributed by atoms with van der Waals surface area (Å²) in [6, 6.07) is 6.26. The normalized spacial score (nSPS) is 19.9. The monoisotopic (exact) mass is 242 g/mol. The molecule has 1 aliphatic heterocycles. The molecule has 1 aliphatic rings. The van der Waals surface area contributed by atoms with E-state index in [1.165, 1.54) is 18.5 Å². The van der Waals surface area contributed by atoms with Crippen LogP contribution >= 0.6 is 0 Å². The predicted molar refractivity (Wildman–Crippen MR) is 70.9 cm³/mol. The van der Waals surface area contributed by atoms with E-state index in [4.69, 9.17) is 4.98 Å². The van der Waals surface area contributed by atoms with Gasteiger partial charge in [0.25, 0.3) is 0 Å². The topological polar surface area (TPSA) is 42.7 Å². The molecule has 1 atom stereocenters. The number of rotatable bonds is 2. The zero-order valence-corrected chi connectivity index (χ0v) is 10.6. The van der Waals surface area contributed by atoms with Crippen LogP contribution in [-0.2, 0) is 0 Å². The van der Waals surface area contributed by atoms with Crippen molar-refractivity contribution in [2.75, 3.05) is 13.1 Å². The molecule has 4 nitrogen and oxygen atoms in total. The van der Waals surface area contributed by atoms with E-state index in [2.05, 4.69) is 22.4 Å². The Balaban J connectivity index is 1.91. The van der Waals surface area contributed by atoms with E-state index >= 15 is 0 Å². The Bertz CT molecular complexity index is 526. The highest BCUT2D eigenvalue weighted by Gasteiger charge is 2.16. The summed E-state index contributed by atoms with van der Waals surface area (Å²) >= 11 is 0. The second-order valence-electron chi connectivity index (χ2n) is 4.81. The summed E-state index contributed by atoms with van der Waals surface area (Å²) < 4.78 is 2.03. The van der Waals surface area contributed by atoms with E-state index in [0.717, 1.165) is 24.7 Å². The van der Waals surface area contributed by atoms with Crippen molar-refractivity contribution in [3.05, 3.63) is 42.1 Å². The van der Waals surface area contributed by atoms with E-state index in [1.807, 2.05) is 30.0 Å². The minimum Gasteiger partial charge on any atom is -0.316 e. The molecule has 2 aromatic heterocycles. The lowest BCUT2D eigenvalue weighted by molar-refractivity contribution is 0.454. The van der Waals surface area contributed by atoms with Gasteiger partial charge in [0.15, 0.2) is 0 Å². The predicted octanol–water partition coefficient (Wildman–Crippen LogP) is 2.04. The number of aryl methyl sites for hydroxylation is 1. The van der Waals surface area contributed by atoms with Crippen molar-refractivity contribution >= 4 is 0 Å². The summed E-state index contributed by atoms with van der Waals surface area (Å²) in [5, 5.41) is 3.44. The lowest BCUT2D eigenvalue weighted by Crippen LogP contribution is -2.28. The van der Waals surface area contributed by atoms with Gasteiger partial charge in [-0.2, -0.15) is 0 Å². The average molecular weight is 242 g/mol. The fourth-order valence-corrected chi connectivity index (χ4v) is 2.53. The molecule has 0 spiro atoms. The van der Waals surface area contributed by atoms with Crippen molar-refractivity contribution in [2.45, 2.75) is 25.7 Å². The number of hydrogen-bond donors (Lipinski definition) is 1. The van der Waals surface area contributed by atoms with Crippen LogP contribution in [0.25, 0.3) is 5.82 Å². The SMILES string of the molecule is Cc1nccn1-c1cccc(C2CCCNC2)n1. The molecular weight excluding hydrogens is 224 g/mol. The third kappa shape index (κ3) is 2.16. The molecule has 0 saturated carbocycles. The molecule has 1 N–H and O–H groups in total. The van der Waals surface area contributed by atoms with Crippen molar-refractivity contribution in [3.63, 3.8) is 0 Å². The number of nitrogens with zero attached hydrogens (tertiary/aromatic N) is 3. The van der Waals surface area contributed by atoms with Crippen LogP contribution in [0.15, 0.2) is 30.6 Å². The van der Waals surface area contributed by atoms with Crippen LogP contribution in [0, 0.1) is 6.92 Å². The maximum Gasteiger partial charge on any atom is 0.138 e. The third-order valence-corrected chi connectivity index (χ3v) is 3.54. The number of piperidine rings is 1. The summed E-state index contributed by atoms with van der Waals surface area (Å²) in [5.74, 6) is 2.48. The number of pyridine rings is 1. The summed E-state index contributed by atoms with van der Waals surface area (Å²) in [6.45, 7) is 4.17. The molecule has 0 aromatic carbocycles. The highest BCUT2D eigenvalue weighted by atomic mass is 15.1. The zero-order chi connectivity index (χ0) is 12.4. The molecule has 4 heteroatoms. The third-order valence-electron chi connectivity index (χ3n) is 3.54. The Kier molecular flexibility index (Phi) is 3.11. The van der Waals surface area contributed by atoms with Crippen molar-refractivity contribution in [1.29, 1.82) is 0 Å². The quantitative estimate of drug-likeness (QED) is 0.876. The van der Waals surface area contributed by atoms with Crippen LogP contribution in [0.3, 0.4) is 0 Å². The number of nitrogens with one attached hydrogen (secondary N) is 1. The van der Waals surface area contributed by atoms with Crippen molar-refractivity contribution in [2.24, 2.45) is 0 Å². The lowest BCUT2D eigenvalue weighted by atomic mass is 9.96. The number of imidazole rings is 1. The van der Waals surface area contributed by atoms with Gasteiger partial charge in [0, 0.05) is 30.6 Å². The maximum atomic E-state index is 4.78. The molecule has 94 valence electrons. The molecule has 1 saturated heterocycles. The smallest absolute Gasteiger partial charge is 0.138 e. The van der Waals surface area contributed by atoms with Gasteiger partial charge < -0.3 is 5.32 Å².